The number of oxazole rings is 1. The van der Waals surface area contributed by atoms with Crippen LogP contribution in [-0.4, -0.2) is 28.8 Å². The molecule has 3 N–H and O–H groups in total. The van der Waals surface area contributed by atoms with Gasteiger partial charge >= 0.3 is 6.03 Å². The van der Waals surface area contributed by atoms with E-state index < -0.39 is 0 Å². The maximum atomic E-state index is 12.0. The molecule has 2 amide bonds. The Balaban J connectivity index is 1.52. The lowest BCUT2D eigenvalue weighted by atomic mass is 10.1. The Morgan fingerprint density at radius 2 is 2.08 bits per heavy atom. The number of rotatable bonds is 5. The van der Waals surface area contributed by atoms with E-state index in [9.17, 15) is 9.90 Å². The zero-order valence-electron chi connectivity index (χ0n) is 14.7. The SMILES string of the molecule is CC(C)c1cnc(-c2ccc(NC(=O)NC[C@@H]3CC[C@H](O)C3)cc2)o1. The highest BCUT2D eigenvalue weighted by Crippen LogP contribution is 2.25. The third-order valence-electron chi connectivity index (χ3n) is 4.55. The second-order valence-corrected chi connectivity index (χ2v) is 6.97. The number of benzene rings is 1. The lowest BCUT2D eigenvalue weighted by Gasteiger charge is -2.12. The number of aliphatic hydroxyl groups excluding tert-OH is 1. The summed E-state index contributed by atoms with van der Waals surface area (Å²) in [6.45, 7) is 4.71. The van der Waals surface area contributed by atoms with Gasteiger partial charge in [0, 0.05) is 23.7 Å². The van der Waals surface area contributed by atoms with Crippen molar-refractivity contribution in [2.75, 3.05) is 11.9 Å². The fourth-order valence-corrected chi connectivity index (χ4v) is 3.03. The average Bonchev–Trinajstić information content (AvgIpc) is 3.23. The number of hydrogen-bond acceptors (Lipinski definition) is 4. The van der Waals surface area contributed by atoms with Crippen molar-refractivity contribution < 1.29 is 14.3 Å². The van der Waals surface area contributed by atoms with E-state index in [-0.39, 0.29) is 12.1 Å². The number of urea groups is 1. The summed E-state index contributed by atoms with van der Waals surface area (Å²) in [4.78, 5) is 16.3. The molecule has 1 aliphatic carbocycles. The van der Waals surface area contributed by atoms with Gasteiger partial charge in [-0.1, -0.05) is 13.8 Å². The lowest BCUT2D eigenvalue weighted by molar-refractivity contribution is 0.177. The molecule has 2 aromatic rings. The van der Waals surface area contributed by atoms with Crippen LogP contribution in [-0.2, 0) is 0 Å². The maximum absolute atomic E-state index is 12.0. The number of hydrogen-bond donors (Lipinski definition) is 3. The Labute approximate surface area is 147 Å². The molecule has 2 atom stereocenters. The summed E-state index contributed by atoms with van der Waals surface area (Å²) in [7, 11) is 0. The van der Waals surface area contributed by atoms with E-state index in [1.54, 1.807) is 6.20 Å². The first kappa shape index (κ1) is 17.5. The standard InChI is InChI=1S/C19H25N3O3/c1-12(2)17-11-20-18(25-17)14-4-6-15(7-5-14)22-19(24)21-10-13-3-8-16(23)9-13/h4-7,11-13,16,23H,3,8-10H2,1-2H3,(H2,21,22,24)/t13-,16+/m1/s1. The van der Waals surface area contributed by atoms with Crippen molar-refractivity contribution in [3.05, 3.63) is 36.2 Å². The normalized spacial score (nSPS) is 20.0. The van der Waals surface area contributed by atoms with Gasteiger partial charge in [-0.15, -0.1) is 0 Å². The van der Waals surface area contributed by atoms with Gasteiger partial charge in [-0.3, -0.25) is 0 Å². The van der Waals surface area contributed by atoms with Crippen molar-refractivity contribution in [2.24, 2.45) is 5.92 Å². The molecule has 0 spiro atoms. The van der Waals surface area contributed by atoms with Crippen LogP contribution in [0.4, 0.5) is 10.5 Å². The molecular formula is C19H25N3O3. The third kappa shape index (κ3) is 4.60. The Morgan fingerprint density at radius 1 is 1.32 bits per heavy atom. The Morgan fingerprint density at radius 3 is 2.68 bits per heavy atom. The molecule has 0 saturated heterocycles. The van der Waals surface area contributed by atoms with Crippen LogP contribution >= 0.6 is 0 Å². The molecule has 0 bridgehead atoms. The molecule has 1 aromatic heterocycles. The minimum atomic E-state index is -0.229. The molecule has 6 nitrogen and oxygen atoms in total. The van der Waals surface area contributed by atoms with E-state index in [0.29, 0.717) is 30.0 Å². The number of nitrogens with zero attached hydrogens (tertiary/aromatic N) is 1. The van der Waals surface area contributed by atoms with Gasteiger partial charge in [-0.25, -0.2) is 9.78 Å². The second-order valence-electron chi connectivity index (χ2n) is 6.97. The number of carbonyl (C=O) groups is 1. The first-order valence-electron chi connectivity index (χ1n) is 8.80. The maximum Gasteiger partial charge on any atom is 0.319 e. The molecule has 1 heterocycles. The largest absolute Gasteiger partial charge is 0.441 e. The summed E-state index contributed by atoms with van der Waals surface area (Å²) in [6, 6.07) is 7.17. The summed E-state index contributed by atoms with van der Waals surface area (Å²) in [5.74, 6) is 2.10. The van der Waals surface area contributed by atoms with E-state index in [4.69, 9.17) is 4.42 Å². The van der Waals surface area contributed by atoms with Crippen LogP contribution in [0.3, 0.4) is 0 Å². The van der Waals surface area contributed by atoms with Gasteiger partial charge in [0.1, 0.15) is 5.76 Å². The summed E-state index contributed by atoms with van der Waals surface area (Å²) >= 11 is 0. The van der Waals surface area contributed by atoms with Crippen LogP contribution in [0.25, 0.3) is 11.5 Å². The van der Waals surface area contributed by atoms with E-state index in [2.05, 4.69) is 29.5 Å². The van der Waals surface area contributed by atoms with Gasteiger partial charge in [0.2, 0.25) is 5.89 Å². The van der Waals surface area contributed by atoms with Crippen molar-refractivity contribution >= 4 is 11.7 Å². The molecule has 1 saturated carbocycles. The molecule has 25 heavy (non-hydrogen) atoms. The molecule has 0 unspecified atom stereocenters. The molecular weight excluding hydrogens is 318 g/mol. The Bertz CT molecular complexity index is 709. The third-order valence-corrected chi connectivity index (χ3v) is 4.55. The molecule has 134 valence electrons. The van der Waals surface area contributed by atoms with Crippen LogP contribution in [0.15, 0.2) is 34.9 Å². The van der Waals surface area contributed by atoms with E-state index in [1.807, 2.05) is 24.3 Å². The average molecular weight is 343 g/mol. The zero-order chi connectivity index (χ0) is 17.8. The van der Waals surface area contributed by atoms with Crippen molar-refractivity contribution in [3.63, 3.8) is 0 Å². The topological polar surface area (TPSA) is 87.4 Å². The smallest absolute Gasteiger partial charge is 0.319 e. The minimum absolute atomic E-state index is 0.214. The lowest BCUT2D eigenvalue weighted by Crippen LogP contribution is -2.32. The van der Waals surface area contributed by atoms with Gasteiger partial charge in [0.05, 0.1) is 12.3 Å². The van der Waals surface area contributed by atoms with Gasteiger partial charge in [0.25, 0.3) is 0 Å². The molecule has 6 heteroatoms. The van der Waals surface area contributed by atoms with Gasteiger partial charge in [-0.05, 0) is 49.4 Å². The quantitative estimate of drug-likeness (QED) is 0.771. The van der Waals surface area contributed by atoms with Crippen LogP contribution in [0, 0.1) is 5.92 Å². The monoisotopic (exact) mass is 343 g/mol. The number of nitrogens with one attached hydrogen (secondary N) is 2. The highest BCUT2D eigenvalue weighted by molar-refractivity contribution is 5.89. The molecule has 1 fully saturated rings. The van der Waals surface area contributed by atoms with Crippen LogP contribution < -0.4 is 10.6 Å². The second kappa shape index (κ2) is 7.70. The van der Waals surface area contributed by atoms with Crippen molar-refractivity contribution in [3.8, 4) is 11.5 Å². The molecule has 3 rings (SSSR count). The fourth-order valence-electron chi connectivity index (χ4n) is 3.03. The highest BCUT2D eigenvalue weighted by Gasteiger charge is 2.22. The highest BCUT2D eigenvalue weighted by atomic mass is 16.4. The van der Waals surface area contributed by atoms with Crippen molar-refractivity contribution in [1.29, 1.82) is 0 Å². The van der Waals surface area contributed by atoms with Crippen molar-refractivity contribution in [1.82, 2.24) is 10.3 Å². The minimum Gasteiger partial charge on any atom is -0.441 e. The van der Waals surface area contributed by atoms with Crippen molar-refractivity contribution in [2.45, 2.75) is 45.1 Å². The molecule has 0 aliphatic heterocycles. The van der Waals surface area contributed by atoms with Crippen LogP contribution in [0.5, 0.6) is 0 Å². The summed E-state index contributed by atoms with van der Waals surface area (Å²) in [5.41, 5.74) is 1.58. The van der Waals surface area contributed by atoms with E-state index in [0.717, 1.165) is 30.6 Å². The van der Waals surface area contributed by atoms with E-state index in [1.165, 1.54) is 0 Å². The van der Waals surface area contributed by atoms with Gasteiger partial charge in [-0.2, -0.15) is 0 Å². The Kier molecular flexibility index (Phi) is 5.38. The first-order chi connectivity index (χ1) is 12.0. The number of amides is 2. The summed E-state index contributed by atoms with van der Waals surface area (Å²) in [5, 5.41) is 15.2. The molecule has 1 aromatic carbocycles. The predicted octanol–water partition coefficient (Wildman–Crippen LogP) is 3.75. The first-order valence-corrected chi connectivity index (χ1v) is 8.80. The predicted molar refractivity (Wildman–Crippen MR) is 96.4 cm³/mol. The van der Waals surface area contributed by atoms with E-state index >= 15 is 0 Å². The number of anilines is 1. The van der Waals surface area contributed by atoms with Gasteiger partial charge in [0.15, 0.2) is 0 Å². The molecule has 1 aliphatic rings. The van der Waals surface area contributed by atoms with Gasteiger partial charge < -0.3 is 20.2 Å². The fraction of sp³-hybridized carbons (Fsp3) is 0.474. The zero-order valence-corrected chi connectivity index (χ0v) is 14.7. The Hall–Kier alpha value is -2.34. The summed E-state index contributed by atoms with van der Waals surface area (Å²) < 4.78 is 5.73. The van der Waals surface area contributed by atoms with Crippen LogP contribution in [0.1, 0.15) is 44.8 Å². The molecule has 0 radical (unpaired) electrons. The summed E-state index contributed by atoms with van der Waals surface area (Å²) in [6.07, 6.45) is 4.09. The number of aliphatic hydroxyl groups is 1. The number of aromatic nitrogens is 1. The van der Waals surface area contributed by atoms with Crippen LogP contribution in [0.2, 0.25) is 0 Å². The number of carbonyl (C=O) groups excluding carboxylic acids is 1.